The Bertz CT molecular complexity index is 1050. The number of nitrogens with one attached hydrogen (secondary N) is 1. The first-order valence-electron chi connectivity index (χ1n) is 9.31. The normalized spacial score (nSPS) is 15.5. The third kappa shape index (κ3) is 4.42. The van der Waals surface area contributed by atoms with Gasteiger partial charge in [-0.3, -0.25) is 4.79 Å². The molecular formula is C21H23N3O4S. The van der Waals surface area contributed by atoms with Gasteiger partial charge in [0.25, 0.3) is 0 Å². The van der Waals surface area contributed by atoms with Crippen molar-refractivity contribution in [1.29, 1.82) is 5.26 Å². The van der Waals surface area contributed by atoms with E-state index >= 15 is 0 Å². The Morgan fingerprint density at radius 1 is 1.21 bits per heavy atom. The van der Waals surface area contributed by atoms with Crippen molar-refractivity contribution in [3.8, 4) is 11.8 Å². The number of hydrogen-bond acceptors (Lipinski definition) is 5. The second kappa shape index (κ2) is 8.64. The van der Waals surface area contributed by atoms with Crippen LogP contribution in [-0.4, -0.2) is 38.8 Å². The molecule has 1 aliphatic heterocycles. The predicted molar refractivity (Wildman–Crippen MR) is 109 cm³/mol. The zero-order valence-corrected chi connectivity index (χ0v) is 17.2. The molecule has 0 atom stereocenters. The zero-order chi connectivity index (χ0) is 21.0. The molecular weight excluding hydrogens is 390 g/mol. The maximum absolute atomic E-state index is 12.9. The summed E-state index contributed by atoms with van der Waals surface area (Å²) in [6.45, 7) is 2.38. The minimum atomic E-state index is -3.77. The van der Waals surface area contributed by atoms with Crippen LogP contribution in [-0.2, 0) is 14.8 Å². The van der Waals surface area contributed by atoms with Gasteiger partial charge in [0, 0.05) is 19.0 Å². The van der Waals surface area contributed by atoms with Crippen molar-refractivity contribution in [3.05, 3.63) is 53.6 Å². The predicted octanol–water partition coefficient (Wildman–Crippen LogP) is 2.91. The molecule has 0 unspecified atom stereocenters. The second-order valence-corrected chi connectivity index (χ2v) is 8.89. The molecule has 1 aliphatic rings. The number of piperidine rings is 1. The van der Waals surface area contributed by atoms with Crippen molar-refractivity contribution in [2.24, 2.45) is 5.92 Å². The Labute approximate surface area is 171 Å². The van der Waals surface area contributed by atoms with E-state index in [4.69, 9.17) is 4.74 Å². The highest BCUT2D eigenvalue weighted by Gasteiger charge is 2.33. The highest BCUT2D eigenvalue weighted by molar-refractivity contribution is 7.89. The van der Waals surface area contributed by atoms with Crippen LogP contribution in [0.15, 0.2) is 47.4 Å². The summed E-state index contributed by atoms with van der Waals surface area (Å²) in [6, 6.07) is 13.6. The SMILES string of the molecule is COc1ccc(C)cc1NC(=O)C1CCN(S(=O)(=O)c2ccccc2C#N)CC1. The molecule has 152 valence electrons. The number of aryl methyl sites for hydroxylation is 1. The number of carbonyl (C=O) groups excluding carboxylic acids is 1. The number of sulfonamides is 1. The molecule has 1 amide bonds. The fourth-order valence-corrected chi connectivity index (χ4v) is 5.05. The van der Waals surface area contributed by atoms with Crippen LogP contribution in [0.25, 0.3) is 0 Å². The minimum absolute atomic E-state index is 0.00917. The van der Waals surface area contributed by atoms with Gasteiger partial charge in [-0.2, -0.15) is 9.57 Å². The lowest BCUT2D eigenvalue weighted by atomic mass is 9.97. The smallest absolute Gasteiger partial charge is 0.244 e. The fraction of sp³-hybridized carbons (Fsp3) is 0.333. The molecule has 2 aromatic rings. The summed E-state index contributed by atoms with van der Waals surface area (Å²) in [5, 5.41) is 12.1. The maximum Gasteiger partial charge on any atom is 0.244 e. The van der Waals surface area contributed by atoms with Crippen molar-refractivity contribution in [2.75, 3.05) is 25.5 Å². The number of nitrogens with zero attached hydrogens (tertiary/aromatic N) is 2. The van der Waals surface area contributed by atoms with E-state index in [1.165, 1.54) is 16.4 Å². The summed E-state index contributed by atoms with van der Waals surface area (Å²) in [6.07, 6.45) is 0.821. The van der Waals surface area contributed by atoms with Gasteiger partial charge in [0.2, 0.25) is 15.9 Å². The summed E-state index contributed by atoms with van der Waals surface area (Å²) in [5.41, 5.74) is 1.73. The number of hydrogen-bond donors (Lipinski definition) is 1. The van der Waals surface area contributed by atoms with E-state index in [0.717, 1.165) is 5.56 Å². The van der Waals surface area contributed by atoms with Crippen LogP contribution in [0.4, 0.5) is 5.69 Å². The average molecular weight is 413 g/mol. The second-order valence-electron chi connectivity index (χ2n) is 6.98. The van der Waals surface area contributed by atoms with Crippen LogP contribution in [0.1, 0.15) is 24.0 Å². The van der Waals surface area contributed by atoms with Crippen LogP contribution in [0.3, 0.4) is 0 Å². The van der Waals surface area contributed by atoms with Gasteiger partial charge in [-0.25, -0.2) is 8.42 Å². The van der Waals surface area contributed by atoms with Crippen molar-refractivity contribution >= 4 is 21.6 Å². The van der Waals surface area contributed by atoms with Crippen LogP contribution in [0.2, 0.25) is 0 Å². The van der Waals surface area contributed by atoms with Gasteiger partial charge in [0.1, 0.15) is 11.8 Å². The van der Waals surface area contributed by atoms with E-state index in [9.17, 15) is 18.5 Å². The van der Waals surface area contributed by atoms with Crippen LogP contribution in [0.5, 0.6) is 5.75 Å². The average Bonchev–Trinajstić information content (AvgIpc) is 2.74. The quantitative estimate of drug-likeness (QED) is 0.812. The molecule has 2 aromatic carbocycles. The third-order valence-corrected chi connectivity index (χ3v) is 7.02. The van der Waals surface area contributed by atoms with E-state index in [1.807, 2.05) is 25.1 Å². The van der Waals surface area contributed by atoms with Crippen LogP contribution in [0, 0.1) is 24.2 Å². The van der Waals surface area contributed by atoms with Crippen molar-refractivity contribution in [2.45, 2.75) is 24.7 Å². The van der Waals surface area contributed by atoms with E-state index in [1.54, 1.807) is 25.3 Å². The molecule has 0 saturated carbocycles. The lowest BCUT2D eigenvalue weighted by Gasteiger charge is -2.30. The van der Waals surface area contributed by atoms with Gasteiger partial charge in [-0.15, -0.1) is 0 Å². The molecule has 0 aliphatic carbocycles. The summed E-state index contributed by atoms with van der Waals surface area (Å²) >= 11 is 0. The number of benzene rings is 2. The Hall–Kier alpha value is -2.89. The van der Waals surface area contributed by atoms with E-state index in [0.29, 0.717) is 24.3 Å². The third-order valence-electron chi connectivity index (χ3n) is 5.06. The molecule has 0 aromatic heterocycles. The van der Waals surface area contributed by atoms with E-state index < -0.39 is 10.0 Å². The molecule has 1 fully saturated rings. The van der Waals surface area contributed by atoms with Gasteiger partial charge < -0.3 is 10.1 Å². The fourth-order valence-electron chi connectivity index (χ4n) is 3.44. The minimum Gasteiger partial charge on any atom is -0.495 e. The van der Waals surface area contributed by atoms with Crippen molar-refractivity contribution in [3.63, 3.8) is 0 Å². The van der Waals surface area contributed by atoms with Crippen molar-refractivity contribution < 1.29 is 17.9 Å². The highest BCUT2D eigenvalue weighted by Crippen LogP contribution is 2.29. The first-order chi connectivity index (χ1) is 13.9. The van der Waals surface area contributed by atoms with Crippen molar-refractivity contribution in [1.82, 2.24) is 4.31 Å². The van der Waals surface area contributed by atoms with Gasteiger partial charge in [-0.05, 0) is 49.6 Å². The lowest BCUT2D eigenvalue weighted by molar-refractivity contribution is -0.120. The number of methoxy groups -OCH3 is 1. The van der Waals surface area contributed by atoms with Gasteiger partial charge in [0.05, 0.1) is 23.3 Å². The topological polar surface area (TPSA) is 99.5 Å². The maximum atomic E-state index is 12.9. The largest absolute Gasteiger partial charge is 0.495 e. The molecule has 7 nitrogen and oxygen atoms in total. The molecule has 8 heteroatoms. The van der Waals surface area contributed by atoms with Gasteiger partial charge >= 0.3 is 0 Å². The standard InChI is InChI=1S/C21H23N3O4S/c1-15-7-8-19(28-2)18(13-15)23-21(25)16-9-11-24(12-10-16)29(26,27)20-6-4-3-5-17(20)14-22/h3-8,13,16H,9-12H2,1-2H3,(H,23,25). The lowest BCUT2D eigenvalue weighted by Crippen LogP contribution is -2.41. The molecule has 1 saturated heterocycles. The Morgan fingerprint density at radius 2 is 1.90 bits per heavy atom. The van der Waals surface area contributed by atoms with Crippen LogP contribution >= 0.6 is 0 Å². The Morgan fingerprint density at radius 3 is 2.55 bits per heavy atom. The number of carbonyl (C=O) groups is 1. The number of nitriles is 1. The molecule has 1 heterocycles. The molecule has 29 heavy (non-hydrogen) atoms. The molecule has 0 radical (unpaired) electrons. The molecule has 3 rings (SSSR count). The summed E-state index contributed by atoms with van der Waals surface area (Å²) in [4.78, 5) is 12.7. The molecule has 1 N–H and O–H groups in total. The van der Waals surface area contributed by atoms with E-state index in [2.05, 4.69) is 5.32 Å². The van der Waals surface area contributed by atoms with Crippen LogP contribution < -0.4 is 10.1 Å². The summed E-state index contributed by atoms with van der Waals surface area (Å²) < 4.78 is 32.5. The number of rotatable bonds is 5. The highest BCUT2D eigenvalue weighted by atomic mass is 32.2. The van der Waals surface area contributed by atoms with Gasteiger partial charge in [0.15, 0.2) is 0 Å². The van der Waals surface area contributed by atoms with Gasteiger partial charge in [-0.1, -0.05) is 18.2 Å². The number of anilines is 1. The molecule has 0 spiro atoms. The number of amides is 1. The zero-order valence-electron chi connectivity index (χ0n) is 16.4. The first-order valence-corrected chi connectivity index (χ1v) is 10.8. The summed E-state index contributed by atoms with van der Waals surface area (Å²) in [5.74, 6) is 0.137. The summed E-state index contributed by atoms with van der Waals surface area (Å²) in [7, 11) is -2.23. The van der Waals surface area contributed by atoms with E-state index in [-0.39, 0.29) is 35.4 Å². The molecule has 0 bridgehead atoms. The monoisotopic (exact) mass is 413 g/mol. The Balaban J connectivity index is 1.68. The Kier molecular flexibility index (Phi) is 6.20. The number of ether oxygens (including phenoxy) is 1. The first kappa shape index (κ1) is 20.8.